The minimum Gasteiger partial charge on any atom is -0.497 e. The number of hydrogen-bond acceptors (Lipinski definition) is 6. The molecule has 6 rings (SSSR count). The second-order valence-electron chi connectivity index (χ2n) is 8.97. The van der Waals surface area contributed by atoms with Crippen molar-refractivity contribution in [1.82, 2.24) is 24.4 Å². The number of hydrogen-bond donors (Lipinski definition) is 1. The summed E-state index contributed by atoms with van der Waals surface area (Å²) in [6.45, 7) is 5.57. The van der Waals surface area contributed by atoms with Gasteiger partial charge in [0.25, 0.3) is 5.91 Å². The van der Waals surface area contributed by atoms with Crippen molar-refractivity contribution in [3.8, 4) is 17.0 Å². The zero-order valence-corrected chi connectivity index (χ0v) is 21.3. The van der Waals surface area contributed by atoms with Crippen molar-refractivity contribution in [2.45, 2.75) is 26.9 Å². The molecule has 0 saturated heterocycles. The van der Waals surface area contributed by atoms with Crippen molar-refractivity contribution in [3.63, 3.8) is 0 Å². The Labute approximate surface area is 215 Å². The van der Waals surface area contributed by atoms with Crippen molar-refractivity contribution >= 4 is 17.4 Å². The van der Waals surface area contributed by atoms with Crippen LogP contribution in [0.5, 0.6) is 5.75 Å². The van der Waals surface area contributed by atoms with E-state index in [9.17, 15) is 4.79 Å². The third-order valence-electron chi connectivity index (χ3n) is 6.57. The normalized spacial score (nSPS) is 12.3. The van der Waals surface area contributed by atoms with Gasteiger partial charge in [0.15, 0.2) is 11.3 Å². The van der Waals surface area contributed by atoms with Crippen LogP contribution in [0.3, 0.4) is 0 Å². The number of rotatable bonds is 4. The van der Waals surface area contributed by atoms with E-state index in [1.807, 2.05) is 62.0 Å². The summed E-state index contributed by atoms with van der Waals surface area (Å²) in [7, 11) is 3.58. The van der Waals surface area contributed by atoms with Gasteiger partial charge in [0, 0.05) is 43.5 Å². The highest BCUT2D eigenvalue weighted by molar-refractivity contribution is 5.92. The molecule has 9 nitrogen and oxygen atoms in total. The fourth-order valence-corrected chi connectivity index (χ4v) is 4.62. The molecule has 4 heterocycles. The number of carbonyl (C=O) groups excluding carboxylic acids is 1. The van der Waals surface area contributed by atoms with Crippen LogP contribution in [0.4, 0.5) is 5.82 Å². The van der Waals surface area contributed by atoms with Crippen LogP contribution < -0.4 is 15.4 Å². The monoisotopic (exact) mass is 495 g/mol. The Morgan fingerprint density at radius 1 is 0.946 bits per heavy atom. The van der Waals surface area contributed by atoms with Gasteiger partial charge in [-0.2, -0.15) is 10.2 Å². The Kier molecular flexibility index (Phi) is 6.35. The molecule has 5 aromatic rings. The lowest BCUT2D eigenvalue weighted by Gasteiger charge is -2.18. The lowest BCUT2D eigenvalue weighted by molar-refractivity contribution is 0.0995. The first-order valence-electron chi connectivity index (χ1n) is 12.0. The molecule has 0 atom stereocenters. The zero-order valence-electron chi connectivity index (χ0n) is 21.3. The molecule has 0 unspecified atom stereocenters. The van der Waals surface area contributed by atoms with E-state index in [4.69, 9.17) is 15.5 Å². The first-order chi connectivity index (χ1) is 17.9. The molecule has 37 heavy (non-hydrogen) atoms. The van der Waals surface area contributed by atoms with Gasteiger partial charge in [-0.3, -0.25) is 9.48 Å². The number of carbonyl (C=O) groups is 1. The Bertz CT molecular complexity index is 1560. The standard InChI is InChI=1S/C21H21N7O.C7H8O/c1-12-20(13(2)26(3)24-12)17-9-18(23-19-8-16(21(22)29)25-28(17)19)27-10-14-6-4-5-7-15(14)11-27;1-8-7-5-3-2-4-6-7/h4-9H,10-11H2,1-3H3,(H2,22,29);2-6H,1H3. The Morgan fingerprint density at radius 2 is 1.59 bits per heavy atom. The maximum Gasteiger partial charge on any atom is 0.269 e. The number of para-hydroxylation sites is 1. The predicted molar refractivity (Wildman–Crippen MR) is 143 cm³/mol. The fourth-order valence-electron chi connectivity index (χ4n) is 4.62. The number of aryl methyl sites for hydroxylation is 2. The molecule has 1 aliphatic heterocycles. The van der Waals surface area contributed by atoms with E-state index in [0.29, 0.717) is 5.65 Å². The van der Waals surface area contributed by atoms with Gasteiger partial charge in [-0.25, -0.2) is 9.50 Å². The van der Waals surface area contributed by atoms with Gasteiger partial charge in [0.2, 0.25) is 0 Å². The molecule has 0 fully saturated rings. The molecule has 2 aromatic carbocycles. The van der Waals surface area contributed by atoms with Gasteiger partial charge in [0.05, 0.1) is 18.5 Å². The summed E-state index contributed by atoms with van der Waals surface area (Å²) >= 11 is 0. The molecule has 0 spiro atoms. The van der Waals surface area contributed by atoms with Crippen LogP contribution in [0.2, 0.25) is 0 Å². The Morgan fingerprint density at radius 3 is 2.14 bits per heavy atom. The molecule has 9 heteroatoms. The number of nitrogens with zero attached hydrogens (tertiary/aromatic N) is 6. The Balaban J connectivity index is 0.000000301. The number of benzene rings is 2. The van der Waals surface area contributed by atoms with E-state index < -0.39 is 5.91 Å². The van der Waals surface area contributed by atoms with Gasteiger partial charge < -0.3 is 15.4 Å². The van der Waals surface area contributed by atoms with E-state index >= 15 is 0 Å². The number of amides is 1. The van der Waals surface area contributed by atoms with Crippen LogP contribution in [-0.2, 0) is 20.1 Å². The number of anilines is 1. The molecule has 2 N–H and O–H groups in total. The van der Waals surface area contributed by atoms with Crippen molar-refractivity contribution < 1.29 is 9.53 Å². The summed E-state index contributed by atoms with van der Waals surface area (Å²) in [6, 6.07) is 21.8. The van der Waals surface area contributed by atoms with E-state index in [-0.39, 0.29) is 5.69 Å². The highest BCUT2D eigenvalue weighted by Gasteiger charge is 2.24. The lowest BCUT2D eigenvalue weighted by Crippen LogP contribution is -2.17. The quantitative estimate of drug-likeness (QED) is 0.403. The average Bonchev–Trinajstić information content (AvgIpc) is 3.60. The number of nitrogens with two attached hydrogens (primary N) is 1. The molecule has 188 valence electrons. The Hall–Kier alpha value is -4.66. The van der Waals surface area contributed by atoms with Crippen molar-refractivity contribution in [3.05, 3.63) is 94.9 Å². The first-order valence-corrected chi connectivity index (χ1v) is 12.0. The van der Waals surface area contributed by atoms with E-state index in [1.54, 1.807) is 17.7 Å². The molecular weight excluding hydrogens is 466 g/mol. The van der Waals surface area contributed by atoms with Gasteiger partial charge in [-0.1, -0.05) is 42.5 Å². The number of aromatic nitrogens is 5. The zero-order chi connectivity index (χ0) is 26.1. The first kappa shape index (κ1) is 24.1. The number of methoxy groups -OCH3 is 1. The van der Waals surface area contributed by atoms with Gasteiger partial charge >= 0.3 is 0 Å². The summed E-state index contributed by atoms with van der Waals surface area (Å²) in [5.41, 5.74) is 12.6. The summed E-state index contributed by atoms with van der Waals surface area (Å²) < 4.78 is 8.45. The minimum atomic E-state index is -0.573. The van der Waals surface area contributed by atoms with Crippen LogP contribution in [-0.4, -0.2) is 37.4 Å². The number of ether oxygens (including phenoxy) is 1. The van der Waals surface area contributed by atoms with Gasteiger partial charge in [0.1, 0.15) is 11.6 Å². The van der Waals surface area contributed by atoms with Crippen molar-refractivity contribution in [2.75, 3.05) is 12.0 Å². The maximum absolute atomic E-state index is 11.7. The average molecular weight is 496 g/mol. The maximum atomic E-state index is 11.7. The molecular formula is C28H29N7O2. The SMILES string of the molecule is COc1ccccc1.Cc1nn(C)c(C)c1-c1cc(N2Cc3ccccc3C2)nc2cc(C(N)=O)nn12. The summed E-state index contributed by atoms with van der Waals surface area (Å²) in [5.74, 6) is 1.17. The van der Waals surface area contributed by atoms with Crippen LogP contribution in [0.1, 0.15) is 33.0 Å². The predicted octanol–water partition coefficient (Wildman–Crippen LogP) is 4.06. The molecule has 3 aromatic heterocycles. The van der Waals surface area contributed by atoms with E-state index in [1.165, 1.54) is 11.1 Å². The highest BCUT2D eigenvalue weighted by Crippen LogP contribution is 2.33. The number of primary amides is 1. The van der Waals surface area contributed by atoms with Crippen molar-refractivity contribution in [2.24, 2.45) is 12.8 Å². The third-order valence-corrected chi connectivity index (χ3v) is 6.57. The second-order valence-corrected chi connectivity index (χ2v) is 8.97. The third kappa shape index (κ3) is 4.63. The summed E-state index contributed by atoms with van der Waals surface area (Å²) in [5, 5.41) is 8.96. The van der Waals surface area contributed by atoms with Gasteiger partial charge in [-0.05, 0) is 37.1 Å². The van der Waals surface area contributed by atoms with Crippen LogP contribution in [0.25, 0.3) is 16.9 Å². The summed E-state index contributed by atoms with van der Waals surface area (Å²) in [6.07, 6.45) is 0. The fraction of sp³-hybridized carbons (Fsp3) is 0.214. The second kappa shape index (κ2) is 9.77. The van der Waals surface area contributed by atoms with E-state index in [0.717, 1.165) is 47.3 Å². The molecule has 1 amide bonds. The molecule has 0 bridgehead atoms. The summed E-state index contributed by atoms with van der Waals surface area (Å²) in [4.78, 5) is 18.8. The topological polar surface area (TPSA) is 104 Å². The molecule has 0 aliphatic carbocycles. The van der Waals surface area contributed by atoms with E-state index in [2.05, 4.69) is 39.4 Å². The van der Waals surface area contributed by atoms with Crippen LogP contribution in [0.15, 0.2) is 66.7 Å². The lowest BCUT2D eigenvalue weighted by atomic mass is 10.1. The molecule has 0 saturated carbocycles. The smallest absolute Gasteiger partial charge is 0.269 e. The highest BCUT2D eigenvalue weighted by atomic mass is 16.5. The van der Waals surface area contributed by atoms with Crippen LogP contribution >= 0.6 is 0 Å². The van der Waals surface area contributed by atoms with Crippen molar-refractivity contribution in [1.29, 1.82) is 0 Å². The molecule has 1 aliphatic rings. The van der Waals surface area contributed by atoms with Crippen LogP contribution in [0, 0.1) is 13.8 Å². The molecule has 0 radical (unpaired) electrons. The number of fused-ring (bicyclic) bond motifs is 2. The van der Waals surface area contributed by atoms with Gasteiger partial charge in [-0.15, -0.1) is 0 Å². The minimum absolute atomic E-state index is 0.194. The largest absolute Gasteiger partial charge is 0.497 e.